The molecule has 6 aromatic rings. The van der Waals surface area contributed by atoms with Crippen LogP contribution in [-0.2, 0) is 9.53 Å². The number of allylic oxidation sites excluding steroid dienone is 1. The van der Waals surface area contributed by atoms with Crippen molar-refractivity contribution in [2.24, 2.45) is 4.99 Å². The number of anilines is 1. The summed E-state index contributed by atoms with van der Waals surface area (Å²) < 4.78 is 9.57. The molecule has 260 valence electrons. The molecule has 0 bridgehead atoms. The number of nitro benzene ring substituents is 1. The zero-order chi connectivity index (χ0) is 36.5. The minimum Gasteiger partial charge on any atom is -0.463 e. The molecule has 0 radical (unpaired) electrons. The van der Waals surface area contributed by atoms with Gasteiger partial charge in [-0.2, -0.15) is 0 Å². The van der Waals surface area contributed by atoms with E-state index in [0.717, 1.165) is 45.0 Å². The average Bonchev–Trinajstić information content (AvgIpc) is 3.68. The van der Waals surface area contributed by atoms with Gasteiger partial charge in [0.2, 0.25) is 0 Å². The van der Waals surface area contributed by atoms with Crippen molar-refractivity contribution in [2.45, 2.75) is 19.9 Å². The molecule has 52 heavy (non-hydrogen) atoms. The average molecular weight is 710 g/mol. The van der Waals surface area contributed by atoms with Gasteiger partial charge in [0, 0.05) is 43.2 Å². The van der Waals surface area contributed by atoms with Crippen LogP contribution in [-0.4, -0.2) is 40.7 Å². The molecule has 11 heteroatoms. The van der Waals surface area contributed by atoms with Crippen LogP contribution in [0.15, 0.2) is 136 Å². The maximum absolute atomic E-state index is 14.6. The number of non-ortho nitro benzene ring substituents is 1. The predicted molar refractivity (Wildman–Crippen MR) is 204 cm³/mol. The molecule has 10 nitrogen and oxygen atoms in total. The summed E-state index contributed by atoms with van der Waals surface area (Å²) in [5, 5.41) is 11.5. The number of carbonyl (C=O) groups is 1. The Morgan fingerprint density at radius 1 is 0.942 bits per heavy atom. The van der Waals surface area contributed by atoms with Gasteiger partial charge in [-0.1, -0.05) is 84.1 Å². The first kappa shape index (κ1) is 34.1. The zero-order valence-corrected chi connectivity index (χ0v) is 29.8. The van der Waals surface area contributed by atoms with Crippen molar-refractivity contribution in [1.29, 1.82) is 0 Å². The first-order valence-electron chi connectivity index (χ1n) is 16.7. The minimum atomic E-state index is -0.744. The highest BCUT2D eigenvalue weighted by atomic mass is 32.1. The Bertz CT molecular complexity index is 2520. The summed E-state index contributed by atoms with van der Waals surface area (Å²) in [6, 6.07) is 35.2. The van der Waals surface area contributed by atoms with E-state index in [0.29, 0.717) is 20.6 Å². The van der Waals surface area contributed by atoms with Gasteiger partial charge in [-0.3, -0.25) is 19.5 Å². The third kappa shape index (κ3) is 6.26. The first-order chi connectivity index (χ1) is 25.2. The topological polar surface area (TPSA) is 112 Å². The maximum Gasteiger partial charge on any atom is 0.338 e. The molecule has 0 spiro atoms. The van der Waals surface area contributed by atoms with E-state index in [4.69, 9.17) is 9.73 Å². The Labute approximate surface area is 303 Å². The lowest BCUT2D eigenvalue weighted by molar-refractivity contribution is -0.384. The molecular weight excluding hydrogens is 675 g/mol. The van der Waals surface area contributed by atoms with E-state index < -0.39 is 16.9 Å². The number of thiazole rings is 1. The number of hydrogen-bond acceptors (Lipinski definition) is 8. The number of benzene rings is 4. The number of nitrogens with zero attached hydrogens (tertiary/aromatic N) is 5. The maximum atomic E-state index is 14.6. The molecule has 0 amide bonds. The number of nitro groups is 1. The molecule has 0 N–H and O–H groups in total. The van der Waals surface area contributed by atoms with Crippen molar-refractivity contribution < 1.29 is 14.5 Å². The van der Waals surface area contributed by atoms with Crippen molar-refractivity contribution >= 4 is 34.8 Å². The predicted octanol–water partition coefficient (Wildman–Crippen LogP) is 6.90. The zero-order valence-electron chi connectivity index (χ0n) is 29.0. The van der Waals surface area contributed by atoms with Crippen LogP contribution in [0.4, 0.5) is 11.4 Å². The van der Waals surface area contributed by atoms with Crippen molar-refractivity contribution in [3.8, 4) is 28.2 Å². The number of rotatable bonds is 9. The summed E-state index contributed by atoms with van der Waals surface area (Å²) >= 11 is 1.26. The van der Waals surface area contributed by atoms with Crippen LogP contribution in [0.25, 0.3) is 34.3 Å². The summed E-state index contributed by atoms with van der Waals surface area (Å²) in [6.45, 7) is 3.71. The molecule has 0 saturated heterocycles. The van der Waals surface area contributed by atoms with E-state index in [2.05, 4.69) is 4.57 Å². The summed E-state index contributed by atoms with van der Waals surface area (Å²) in [6.07, 6.45) is 1.87. The Balaban J connectivity index is 1.49. The Morgan fingerprint density at radius 3 is 2.17 bits per heavy atom. The van der Waals surface area contributed by atoms with Gasteiger partial charge >= 0.3 is 5.97 Å². The molecule has 2 aromatic heterocycles. The third-order valence-electron chi connectivity index (χ3n) is 8.99. The van der Waals surface area contributed by atoms with Gasteiger partial charge in [0.1, 0.15) is 0 Å². The molecule has 0 saturated carbocycles. The highest BCUT2D eigenvalue weighted by molar-refractivity contribution is 7.07. The van der Waals surface area contributed by atoms with Gasteiger partial charge in [0.15, 0.2) is 4.80 Å². The first-order valence-corrected chi connectivity index (χ1v) is 17.6. The van der Waals surface area contributed by atoms with Crippen LogP contribution < -0.4 is 19.8 Å². The van der Waals surface area contributed by atoms with E-state index >= 15 is 0 Å². The van der Waals surface area contributed by atoms with E-state index in [1.807, 2.05) is 116 Å². The molecule has 0 aliphatic carbocycles. The number of aromatic nitrogens is 2. The summed E-state index contributed by atoms with van der Waals surface area (Å²) in [7, 11) is 3.90. The lowest BCUT2D eigenvalue weighted by Crippen LogP contribution is -2.40. The standard InChI is InChI=1S/C41H35N5O5S/c1-5-51-40(48)36-26(2)42-41-45(38(36)29-16-18-31(19-17-29)43(3)4)39(47)35(52-41)25-30-24-34(27-12-8-6-9-13-27)44(37(30)28-14-10-7-11-15-28)32-20-22-33(23-21-32)46(49)50/h6-25,38H,5H2,1-4H3/b35-25-/t38-/m1/s1. The normalized spacial score (nSPS) is 14.2. The summed E-state index contributed by atoms with van der Waals surface area (Å²) in [5.41, 5.74) is 7.20. The number of hydrogen-bond donors (Lipinski definition) is 0. The third-order valence-corrected chi connectivity index (χ3v) is 9.98. The highest BCUT2D eigenvalue weighted by Crippen LogP contribution is 2.37. The van der Waals surface area contributed by atoms with Crippen LogP contribution >= 0.6 is 11.3 Å². The number of esters is 1. The van der Waals surface area contributed by atoms with Crippen molar-refractivity contribution in [3.05, 3.63) is 167 Å². The van der Waals surface area contributed by atoms with Crippen LogP contribution in [0.3, 0.4) is 0 Å². The molecule has 0 unspecified atom stereocenters. The second-order valence-corrected chi connectivity index (χ2v) is 13.5. The largest absolute Gasteiger partial charge is 0.463 e. The summed E-state index contributed by atoms with van der Waals surface area (Å²) in [4.78, 5) is 46.4. The van der Waals surface area contributed by atoms with Crippen LogP contribution in [0, 0.1) is 10.1 Å². The summed E-state index contributed by atoms with van der Waals surface area (Å²) in [5.74, 6) is -0.515. The van der Waals surface area contributed by atoms with Crippen LogP contribution in [0.5, 0.6) is 0 Å². The highest BCUT2D eigenvalue weighted by Gasteiger charge is 2.33. The molecule has 1 aliphatic heterocycles. The molecule has 4 aromatic carbocycles. The van der Waals surface area contributed by atoms with Gasteiger partial charge in [-0.25, -0.2) is 9.79 Å². The van der Waals surface area contributed by atoms with Gasteiger partial charge in [0.25, 0.3) is 11.2 Å². The SMILES string of the molecule is CCOC(=O)C1=C(C)N=c2s/c(=C\c3cc(-c4ccccc4)n(-c4ccc([N+](=O)[O-])cc4)c3-c3ccccc3)c(=O)n2[C@@H]1c1ccc(N(C)C)cc1. The van der Waals surface area contributed by atoms with Crippen molar-refractivity contribution in [3.63, 3.8) is 0 Å². The minimum absolute atomic E-state index is 0.0110. The number of carbonyl (C=O) groups excluding carboxylic acids is 1. The van der Waals surface area contributed by atoms with E-state index in [1.54, 1.807) is 30.5 Å². The Morgan fingerprint density at radius 2 is 1.58 bits per heavy atom. The van der Waals surface area contributed by atoms with Crippen molar-refractivity contribution in [1.82, 2.24) is 9.13 Å². The molecule has 3 heterocycles. The van der Waals surface area contributed by atoms with Gasteiger partial charge in [-0.15, -0.1) is 0 Å². The number of ether oxygens (including phenoxy) is 1. The lowest BCUT2D eigenvalue weighted by Gasteiger charge is -2.25. The van der Waals surface area contributed by atoms with Crippen LogP contribution in [0.2, 0.25) is 0 Å². The molecule has 1 aliphatic rings. The lowest BCUT2D eigenvalue weighted by atomic mass is 9.95. The quantitative estimate of drug-likeness (QED) is 0.0918. The Hall–Kier alpha value is -6.33. The van der Waals surface area contributed by atoms with Gasteiger partial charge in [0.05, 0.1) is 44.8 Å². The fraction of sp³-hybridized carbons (Fsp3) is 0.146. The molecule has 7 rings (SSSR count). The van der Waals surface area contributed by atoms with E-state index in [9.17, 15) is 19.7 Å². The van der Waals surface area contributed by atoms with Gasteiger partial charge < -0.3 is 14.2 Å². The fourth-order valence-electron chi connectivity index (χ4n) is 6.55. The second kappa shape index (κ2) is 14.1. The molecule has 0 fully saturated rings. The molecule has 1 atom stereocenters. The van der Waals surface area contributed by atoms with E-state index in [1.165, 1.54) is 23.5 Å². The monoisotopic (exact) mass is 709 g/mol. The molecular formula is C41H35N5O5S. The Kier molecular flexibility index (Phi) is 9.27. The van der Waals surface area contributed by atoms with Crippen molar-refractivity contribution in [2.75, 3.05) is 25.6 Å². The van der Waals surface area contributed by atoms with E-state index in [-0.39, 0.29) is 17.9 Å². The van der Waals surface area contributed by atoms with Crippen LogP contribution in [0.1, 0.15) is 31.0 Å². The number of fused-ring (bicyclic) bond motifs is 1. The fourth-order valence-corrected chi connectivity index (χ4v) is 7.58. The van der Waals surface area contributed by atoms with Gasteiger partial charge in [-0.05, 0) is 66.9 Å². The smallest absolute Gasteiger partial charge is 0.338 e. The second-order valence-electron chi connectivity index (χ2n) is 12.5.